The van der Waals surface area contributed by atoms with E-state index in [2.05, 4.69) is 15.0 Å². The van der Waals surface area contributed by atoms with Gasteiger partial charge >= 0.3 is 0 Å². The van der Waals surface area contributed by atoms with Crippen molar-refractivity contribution in [1.29, 1.82) is 0 Å². The van der Waals surface area contributed by atoms with Gasteiger partial charge in [-0.3, -0.25) is 4.79 Å². The number of nitrogens with zero attached hydrogens (tertiary/aromatic N) is 1. The smallest absolute Gasteiger partial charge is 0.272 e. The van der Waals surface area contributed by atoms with Gasteiger partial charge in [0.15, 0.2) is 5.13 Å². The van der Waals surface area contributed by atoms with Gasteiger partial charge in [0.1, 0.15) is 5.52 Å². The molecule has 1 aromatic carbocycles. The normalized spacial score (nSPS) is 11.4. The summed E-state index contributed by atoms with van der Waals surface area (Å²) in [6.07, 6.45) is 1.77. The third kappa shape index (κ3) is 1.55. The average molecular weight is 282 g/mol. The van der Waals surface area contributed by atoms with Gasteiger partial charge in [-0.2, -0.15) is 0 Å². The minimum atomic E-state index is -0.108. The van der Waals surface area contributed by atoms with Crippen LogP contribution in [-0.2, 0) is 0 Å². The maximum absolute atomic E-state index is 11.9. The molecule has 0 amide bonds. The lowest BCUT2D eigenvalue weighted by Gasteiger charge is -2.03. The Morgan fingerprint density at radius 1 is 1.20 bits per heavy atom. The maximum atomic E-state index is 11.9. The van der Waals surface area contributed by atoms with Gasteiger partial charge in [-0.25, -0.2) is 4.98 Å². The summed E-state index contributed by atoms with van der Waals surface area (Å²) >= 11 is 1.42. The lowest BCUT2D eigenvalue weighted by Crippen LogP contribution is -2.05. The second-order valence-corrected chi connectivity index (χ2v) is 5.44. The number of aromatic amines is 2. The molecule has 0 spiro atoms. The number of anilines is 1. The van der Waals surface area contributed by atoms with Crippen LogP contribution in [0, 0.1) is 0 Å². The summed E-state index contributed by atoms with van der Waals surface area (Å²) in [5.74, 6) is 0. The first-order chi connectivity index (χ1) is 9.72. The van der Waals surface area contributed by atoms with Crippen molar-refractivity contribution in [3.05, 3.63) is 46.2 Å². The zero-order chi connectivity index (χ0) is 13.7. The Morgan fingerprint density at radius 3 is 2.90 bits per heavy atom. The van der Waals surface area contributed by atoms with Crippen LogP contribution in [0.2, 0.25) is 0 Å². The summed E-state index contributed by atoms with van der Waals surface area (Å²) in [4.78, 5) is 22.0. The summed E-state index contributed by atoms with van der Waals surface area (Å²) in [6, 6.07) is 7.77. The van der Waals surface area contributed by atoms with Crippen LogP contribution in [0.5, 0.6) is 0 Å². The SMILES string of the molecule is Nc1nc(-c2ccc3[nH]c(=O)c4[nH]ccc4c3c2)cs1. The highest BCUT2D eigenvalue weighted by Crippen LogP contribution is 2.28. The Kier molecular flexibility index (Phi) is 2.22. The van der Waals surface area contributed by atoms with E-state index in [0.717, 1.165) is 27.5 Å². The number of benzene rings is 1. The molecule has 0 saturated heterocycles. The van der Waals surface area contributed by atoms with E-state index in [1.807, 2.05) is 29.6 Å². The van der Waals surface area contributed by atoms with Gasteiger partial charge in [-0.05, 0) is 18.2 Å². The molecule has 5 nitrogen and oxygen atoms in total. The van der Waals surface area contributed by atoms with E-state index in [4.69, 9.17) is 5.73 Å². The third-order valence-electron chi connectivity index (χ3n) is 3.35. The van der Waals surface area contributed by atoms with Crippen LogP contribution in [0.25, 0.3) is 33.1 Å². The van der Waals surface area contributed by atoms with E-state index >= 15 is 0 Å². The second kappa shape index (κ2) is 3.94. The molecule has 0 bridgehead atoms. The molecule has 3 heterocycles. The molecule has 0 aliphatic rings. The molecule has 0 atom stereocenters. The first kappa shape index (κ1) is 11.2. The molecule has 0 aliphatic heterocycles. The molecular weight excluding hydrogens is 272 g/mol. The van der Waals surface area contributed by atoms with Crippen molar-refractivity contribution in [2.45, 2.75) is 0 Å². The molecule has 0 fully saturated rings. The van der Waals surface area contributed by atoms with Gasteiger partial charge in [0.05, 0.1) is 5.69 Å². The fourth-order valence-corrected chi connectivity index (χ4v) is 2.99. The monoisotopic (exact) mass is 282 g/mol. The van der Waals surface area contributed by atoms with E-state index in [1.165, 1.54) is 11.3 Å². The van der Waals surface area contributed by atoms with Crippen molar-refractivity contribution in [2.75, 3.05) is 5.73 Å². The molecule has 4 N–H and O–H groups in total. The molecule has 0 radical (unpaired) electrons. The van der Waals surface area contributed by atoms with E-state index < -0.39 is 0 Å². The fourth-order valence-electron chi connectivity index (χ4n) is 2.42. The third-order valence-corrected chi connectivity index (χ3v) is 4.02. The van der Waals surface area contributed by atoms with Crippen molar-refractivity contribution < 1.29 is 0 Å². The van der Waals surface area contributed by atoms with Crippen LogP contribution < -0.4 is 11.3 Å². The van der Waals surface area contributed by atoms with Crippen LogP contribution >= 0.6 is 11.3 Å². The van der Waals surface area contributed by atoms with Crippen LogP contribution in [0.15, 0.2) is 40.6 Å². The summed E-state index contributed by atoms with van der Waals surface area (Å²) < 4.78 is 0. The number of hydrogen-bond donors (Lipinski definition) is 3. The largest absolute Gasteiger partial charge is 0.375 e. The first-order valence-electron chi connectivity index (χ1n) is 6.07. The van der Waals surface area contributed by atoms with E-state index in [-0.39, 0.29) is 5.56 Å². The Bertz CT molecular complexity index is 995. The number of H-pyrrole nitrogens is 2. The molecule has 3 aromatic heterocycles. The minimum absolute atomic E-state index is 0.108. The highest BCUT2D eigenvalue weighted by atomic mass is 32.1. The molecule has 0 unspecified atom stereocenters. The first-order valence-corrected chi connectivity index (χ1v) is 6.95. The van der Waals surface area contributed by atoms with Crippen molar-refractivity contribution in [2.24, 2.45) is 0 Å². The number of pyridine rings is 1. The van der Waals surface area contributed by atoms with E-state index in [1.54, 1.807) is 6.20 Å². The topological polar surface area (TPSA) is 87.6 Å². The Balaban J connectivity index is 2.08. The fraction of sp³-hybridized carbons (Fsp3) is 0. The molecular formula is C14H10N4OS. The zero-order valence-corrected chi connectivity index (χ0v) is 11.1. The Labute approximate surface area is 117 Å². The highest BCUT2D eigenvalue weighted by molar-refractivity contribution is 7.13. The average Bonchev–Trinajstić information content (AvgIpc) is 3.07. The van der Waals surface area contributed by atoms with Gasteiger partial charge < -0.3 is 15.7 Å². The van der Waals surface area contributed by atoms with Crippen LogP contribution in [0.4, 0.5) is 5.13 Å². The summed E-state index contributed by atoms with van der Waals surface area (Å²) in [7, 11) is 0. The number of nitrogens with two attached hydrogens (primary N) is 1. The van der Waals surface area contributed by atoms with Gasteiger partial charge in [-0.1, -0.05) is 6.07 Å². The van der Waals surface area contributed by atoms with Crippen LogP contribution in [0.3, 0.4) is 0 Å². The Hall–Kier alpha value is -2.60. The van der Waals surface area contributed by atoms with E-state index in [0.29, 0.717) is 10.6 Å². The van der Waals surface area contributed by atoms with Crippen molar-refractivity contribution in [3.8, 4) is 11.3 Å². The maximum Gasteiger partial charge on any atom is 0.272 e. The number of hydrogen-bond acceptors (Lipinski definition) is 4. The van der Waals surface area contributed by atoms with Crippen molar-refractivity contribution in [1.82, 2.24) is 15.0 Å². The van der Waals surface area contributed by atoms with Gasteiger partial charge in [0.2, 0.25) is 0 Å². The molecule has 98 valence electrons. The molecule has 0 saturated carbocycles. The number of rotatable bonds is 1. The minimum Gasteiger partial charge on any atom is -0.375 e. The molecule has 4 rings (SSSR count). The van der Waals surface area contributed by atoms with Gasteiger partial charge in [0.25, 0.3) is 5.56 Å². The van der Waals surface area contributed by atoms with Gasteiger partial charge in [0, 0.05) is 33.4 Å². The number of fused-ring (bicyclic) bond motifs is 3. The van der Waals surface area contributed by atoms with Gasteiger partial charge in [-0.15, -0.1) is 11.3 Å². The zero-order valence-electron chi connectivity index (χ0n) is 10.3. The summed E-state index contributed by atoms with van der Waals surface area (Å²) in [6.45, 7) is 0. The standard InChI is InChI=1S/C14H10N4OS/c15-14-18-11(6-20-14)7-1-2-10-9(5-7)8-3-4-16-12(8)13(19)17-10/h1-6,16H,(H2,15,18)(H,17,19). The number of nitrogen functional groups attached to an aromatic ring is 1. The summed E-state index contributed by atoms with van der Waals surface area (Å²) in [5, 5.41) is 4.38. The molecule has 0 aliphatic carbocycles. The van der Waals surface area contributed by atoms with Crippen molar-refractivity contribution >= 4 is 38.3 Å². The molecule has 4 aromatic rings. The van der Waals surface area contributed by atoms with Crippen molar-refractivity contribution in [3.63, 3.8) is 0 Å². The quantitative estimate of drug-likeness (QED) is 0.501. The van der Waals surface area contributed by atoms with E-state index in [9.17, 15) is 4.79 Å². The number of nitrogens with one attached hydrogen (secondary N) is 2. The lowest BCUT2D eigenvalue weighted by molar-refractivity contribution is 1.31. The molecule has 20 heavy (non-hydrogen) atoms. The lowest BCUT2D eigenvalue weighted by atomic mass is 10.1. The highest BCUT2D eigenvalue weighted by Gasteiger charge is 2.08. The van der Waals surface area contributed by atoms with Crippen LogP contribution in [0.1, 0.15) is 0 Å². The number of thiazole rings is 1. The molecule has 6 heteroatoms. The second-order valence-electron chi connectivity index (χ2n) is 4.55. The number of aromatic nitrogens is 3. The van der Waals surface area contributed by atoms with Crippen LogP contribution in [-0.4, -0.2) is 15.0 Å². The predicted molar refractivity (Wildman–Crippen MR) is 81.9 cm³/mol. The predicted octanol–water partition coefficient (Wildman–Crippen LogP) is 2.72. The summed E-state index contributed by atoms with van der Waals surface area (Å²) in [5.41, 5.74) is 8.81. The Morgan fingerprint density at radius 2 is 2.10 bits per heavy atom.